The molecule has 0 aromatic heterocycles. The Morgan fingerprint density at radius 1 is 1.05 bits per heavy atom. The standard InChI is InChI=1S/C16H23N3/c1-2-5-15(6-3-1)7-4-8-18-9-11-19(12-10-18)16-13-17-14-16/h1-7,16-17H,8-14H2. The van der Waals surface area contributed by atoms with Gasteiger partial charge in [-0.2, -0.15) is 0 Å². The van der Waals surface area contributed by atoms with Gasteiger partial charge in [0, 0.05) is 51.9 Å². The van der Waals surface area contributed by atoms with E-state index >= 15 is 0 Å². The van der Waals surface area contributed by atoms with Crippen molar-refractivity contribution in [2.45, 2.75) is 6.04 Å². The van der Waals surface area contributed by atoms with Crippen molar-refractivity contribution in [2.75, 3.05) is 45.8 Å². The summed E-state index contributed by atoms with van der Waals surface area (Å²) in [5, 5.41) is 3.36. The van der Waals surface area contributed by atoms with Crippen LogP contribution in [0.4, 0.5) is 0 Å². The second-order valence-electron chi connectivity index (χ2n) is 5.46. The summed E-state index contributed by atoms with van der Waals surface area (Å²) in [7, 11) is 0. The molecule has 2 heterocycles. The molecule has 0 saturated carbocycles. The summed E-state index contributed by atoms with van der Waals surface area (Å²) in [6.45, 7) is 8.32. The number of benzene rings is 1. The SMILES string of the molecule is C(=Cc1ccccc1)CN1CCN(C2CNC2)CC1. The number of piperazine rings is 1. The van der Waals surface area contributed by atoms with Crippen LogP contribution >= 0.6 is 0 Å². The Kier molecular flexibility index (Phi) is 4.28. The lowest BCUT2D eigenvalue weighted by molar-refractivity contribution is 0.0783. The normalized spacial score (nSPS) is 22.7. The van der Waals surface area contributed by atoms with E-state index in [4.69, 9.17) is 0 Å². The lowest BCUT2D eigenvalue weighted by Crippen LogP contribution is -2.61. The molecule has 2 aliphatic rings. The van der Waals surface area contributed by atoms with Gasteiger partial charge in [-0.05, 0) is 5.56 Å². The molecule has 3 heteroatoms. The monoisotopic (exact) mass is 257 g/mol. The Morgan fingerprint density at radius 3 is 2.42 bits per heavy atom. The van der Waals surface area contributed by atoms with Crippen LogP contribution in [0.25, 0.3) is 6.08 Å². The van der Waals surface area contributed by atoms with Crippen molar-refractivity contribution in [3.8, 4) is 0 Å². The van der Waals surface area contributed by atoms with Crippen molar-refractivity contribution in [3.05, 3.63) is 42.0 Å². The molecule has 3 rings (SSSR count). The summed E-state index contributed by atoms with van der Waals surface area (Å²) >= 11 is 0. The Bertz CT molecular complexity index is 403. The van der Waals surface area contributed by atoms with Gasteiger partial charge in [-0.25, -0.2) is 0 Å². The first-order chi connectivity index (χ1) is 9.42. The summed E-state index contributed by atoms with van der Waals surface area (Å²) < 4.78 is 0. The van der Waals surface area contributed by atoms with Crippen LogP contribution in [0.2, 0.25) is 0 Å². The maximum absolute atomic E-state index is 3.36. The minimum atomic E-state index is 0.807. The second-order valence-corrected chi connectivity index (χ2v) is 5.46. The van der Waals surface area contributed by atoms with E-state index in [-0.39, 0.29) is 0 Å². The zero-order valence-corrected chi connectivity index (χ0v) is 11.5. The molecule has 0 aliphatic carbocycles. The van der Waals surface area contributed by atoms with Crippen LogP contribution in [0, 0.1) is 0 Å². The molecule has 0 atom stereocenters. The van der Waals surface area contributed by atoms with Crippen LogP contribution in [0.15, 0.2) is 36.4 Å². The van der Waals surface area contributed by atoms with Crippen molar-refractivity contribution in [3.63, 3.8) is 0 Å². The molecule has 0 unspecified atom stereocenters. The van der Waals surface area contributed by atoms with Gasteiger partial charge in [0.25, 0.3) is 0 Å². The van der Waals surface area contributed by atoms with E-state index in [9.17, 15) is 0 Å². The fourth-order valence-corrected chi connectivity index (χ4v) is 2.74. The van der Waals surface area contributed by atoms with Gasteiger partial charge >= 0.3 is 0 Å². The fraction of sp³-hybridized carbons (Fsp3) is 0.500. The van der Waals surface area contributed by atoms with E-state index in [0.29, 0.717) is 0 Å². The van der Waals surface area contributed by atoms with E-state index in [1.165, 1.54) is 44.8 Å². The first kappa shape index (κ1) is 12.9. The second kappa shape index (κ2) is 6.33. The Morgan fingerprint density at radius 2 is 1.79 bits per heavy atom. The molecule has 1 aromatic carbocycles. The van der Waals surface area contributed by atoms with Gasteiger partial charge < -0.3 is 5.32 Å². The molecule has 1 aromatic rings. The Hall–Kier alpha value is -1.16. The van der Waals surface area contributed by atoms with Gasteiger partial charge in [0.15, 0.2) is 0 Å². The summed E-state index contributed by atoms with van der Waals surface area (Å²) in [5.41, 5.74) is 1.29. The zero-order chi connectivity index (χ0) is 12.9. The molecule has 0 spiro atoms. The van der Waals surface area contributed by atoms with Crippen molar-refractivity contribution in [1.82, 2.24) is 15.1 Å². The molecule has 102 valence electrons. The molecular weight excluding hydrogens is 234 g/mol. The Balaban J connectivity index is 1.41. The van der Waals surface area contributed by atoms with E-state index < -0.39 is 0 Å². The first-order valence-electron chi connectivity index (χ1n) is 7.30. The van der Waals surface area contributed by atoms with Gasteiger partial charge in [-0.3, -0.25) is 9.80 Å². The largest absolute Gasteiger partial charge is 0.314 e. The maximum atomic E-state index is 3.36. The third-order valence-corrected chi connectivity index (χ3v) is 4.16. The summed E-state index contributed by atoms with van der Waals surface area (Å²) in [4.78, 5) is 5.18. The van der Waals surface area contributed by atoms with E-state index in [1.807, 2.05) is 0 Å². The number of hydrogen-bond donors (Lipinski definition) is 1. The lowest BCUT2D eigenvalue weighted by Gasteiger charge is -2.43. The van der Waals surface area contributed by atoms with Crippen molar-refractivity contribution in [2.24, 2.45) is 0 Å². The molecular formula is C16H23N3. The maximum Gasteiger partial charge on any atom is 0.0346 e. The van der Waals surface area contributed by atoms with Crippen LogP contribution < -0.4 is 5.32 Å². The van der Waals surface area contributed by atoms with Crippen molar-refractivity contribution < 1.29 is 0 Å². The molecule has 3 nitrogen and oxygen atoms in total. The minimum absolute atomic E-state index is 0.807. The molecule has 0 amide bonds. The van der Waals surface area contributed by atoms with Gasteiger partial charge in [-0.15, -0.1) is 0 Å². The third-order valence-electron chi connectivity index (χ3n) is 4.16. The highest BCUT2D eigenvalue weighted by molar-refractivity contribution is 5.48. The van der Waals surface area contributed by atoms with Gasteiger partial charge in [0.2, 0.25) is 0 Å². The Labute approximate surface area is 115 Å². The highest BCUT2D eigenvalue weighted by atomic mass is 15.3. The van der Waals surface area contributed by atoms with Crippen LogP contribution in [-0.4, -0.2) is 61.7 Å². The lowest BCUT2D eigenvalue weighted by atomic mass is 10.1. The molecule has 0 radical (unpaired) electrons. The highest BCUT2D eigenvalue weighted by Crippen LogP contribution is 2.10. The van der Waals surface area contributed by atoms with Crippen molar-refractivity contribution in [1.29, 1.82) is 0 Å². The van der Waals surface area contributed by atoms with Crippen LogP contribution in [0.1, 0.15) is 5.56 Å². The zero-order valence-electron chi connectivity index (χ0n) is 11.5. The molecule has 19 heavy (non-hydrogen) atoms. The smallest absolute Gasteiger partial charge is 0.0346 e. The van der Waals surface area contributed by atoms with E-state index in [2.05, 4.69) is 57.6 Å². The van der Waals surface area contributed by atoms with Crippen LogP contribution in [0.3, 0.4) is 0 Å². The number of rotatable bonds is 4. The molecule has 2 saturated heterocycles. The summed E-state index contributed by atoms with van der Waals surface area (Å²) in [5.74, 6) is 0. The van der Waals surface area contributed by atoms with Gasteiger partial charge in [0.05, 0.1) is 0 Å². The van der Waals surface area contributed by atoms with E-state index in [0.717, 1.165) is 12.6 Å². The molecule has 2 aliphatic heterocycles. The van der Waals surface area contributed by atoms with Crippen LogP contribution in [0.5, 0.6) is 0 Å². The number of nitrogens with zero attached hydrogens (tertiary/aromatic N) is 2. The average molecular weight is 257 g/mol. The topological polar surface area (TPSA) is 18.5 Å². The molecule has 0 bridgehead atoms. The number of nitrogens with one attached hydrogen (secondary N) is 1. The van der Waals surface area contributed by atoms with E-state index in [1.54, 1.807) is 0 Å². The van der Waals surface area contributed by atoms with Crippen LogP contribution in [-0.2, 0) is 0 Å². The summed E-state index contributed by atoms with van der Waals surface area (Å²) in [6, 6.07) is 11.3. The molecule has 1 N–H and O–H groups in total. The van der Waals surface area contributed by atoms with Crippen molar-refractivity contribution >= 4 is 6.08 Å². The highest BCUT2D eigenvalue weighted by Gasteiger charge is 2.27. The fourth-order valence-electron chi connectivity index (χ4n) is 2.74. The van der Waals surface area contributed by atoms with Gasteiger partial charge in [0.1, 0.15) is 0 Å². The average Bonchev–Trinajstić information content (AvgIpc) is 2.40. The molecule has 2 fully saturated rings. The minimum Gasteiger partial charge on any atom is -0.314 e. The first-order valence-corrected chi connectivity index (χ1v) is 7.30. The quantitative estimate of drug-likeness (QED) is 0.877. The van der Waals surface area contributed by atoms with Gasteiger partial charge in [-0.1, -0.05) is 42.5 Å². The number of hydrogen-bond acceptors (Lipinski definition) is 3. The summed E-state index contributed by atoms with van der Waals surface area (Å²) in [6.07, 6.45) is 4.51. The third kappa shape index (κ3) is 3.44. The predicted octanol–water partition coefficient (Wildman–Crippen LogP) is 1.29. The predicted molar refractivity (Wildman–Crippen MR) is 80.1 cm³/mol.